The zero-order chi connectivity index (χ0) is 24.6. The van der Waals surface area contributed by atoms with Gasteiger partial charge in [-0.25, -0.2) is 17.2 Å². The Balaban J connectivity index is 1.99. The van der Waals surface area contributed by atoms with Gasteiger partial charge in [0.05, 0.1) is 31.2 Å². The first-order valence-electron chi connectivity index (χ1n) is 10.7. The first-order chi connectivity index (χ1) is 15.6. The Kier molecular flexibility index (Phi) is 9.45. The average Bonchev–Trinajstić information content (AvgIpc) is 2.74. The fraction of sp³-hybridized carbons (Fsp3) is 0.435. The molecule has 182 valence electrons. The van der Waals surface area contributed by atoms with Crippen molar-refractivity contribution < 1.29 is 31.5 Å². The summed E-state index contributed by atoms with van der Waals surface area (Å²) in [5, 5.41) is 2.87. The molecule has 0 aliphatic heterocycles. The second-order valence-electron chi connectivity index (χ2n) is 7.40. The SMILES string of the molecule is CCOc1ccc([C@H](C)NC(=O)CCCN(c2ccc(F)c(F)c2)S(C)(=O)=O)cc1OCC. The summed E-state index contributed by atoms with van der Waals surface area (Å²) in [4.78, 5) is 12.4. The van der Waals surface area contributed by atoms with Crippen LogP contribution >= 0.6 is 0 Å². The third-order valence-electron chi connectivity index (χ3n) is 4.80. The smallest absolute Gasteiger partial charge is 0.232 e. The highest BCUT2D eigenvalue weighted by atomic mass is 32.2. The molecule has 2 aromatic rings. The first kappa shape index (κ1) is 26.4. The minimum Gasteiger partial charge on any atom is -0.490 e. The maximum absolute atomic E-state index is 13.6. The summed E-state index contributed by atoms with van der Waals surface area (Å²) in [6.07, 6.45) is 1.21. The molecule has 0 aliphatic carbocycles. The molecular formula is C23H30F2N2O5S. The molecule has 0 aliphatic rings. The lowest BCUT2D eigenvalue weighted by molar-refractivity contribution is -0.121. The Morgan fingerprint density at radius 1 is 1.03 bits per heavy atom. The average molecular weight is 485 g/mol. The maximum Gasteiger partial charge on any atom is 0.232 e. The minimum atomic E-state index is -3.74. The molecule has 0 aromatic heterocycles. The van der Waals surface area contributed by atoms with Crippen LogP contribution in [0.15, 0.2) is 36.4 Å². The van der Waals surface area contributed by atoms with Crippen molar-refractivity contribution >= 4 is 21.6 Å². The third kappa shape index (κ3) is 7.59. The minimum absolute atomic E-state index is 0.00279. The predicted octanol–water partition coefficient (Wildman–Crippen LogP) is 4.19. The van der Waals surface area contributed by atoms with Crippen LogP contribution in [0.5, 0.6) is 11.5 Å². The van der Waals surface area contributed by atoms with E-state index in [9.17, 15) is 22.0 Å². The Morgan fingerprint density at radius 3 is 2.30 bits per heavy atom. The number of ether oxygens (including phenoxy) is 2. The molecule has 0 radical (unpaired) electrons. The zero-order valence-corrected chi connectivity index (χ0v) is 20.0. The summed E-state index contributed by atoms with van der Waals surface area (Å²) in [7, 11) is -3.74. The molecule has 10 heteroatoms. The molecule has 2 rings (SSSR count). The molecule has 0 saturated heterocycles. The molecule has 0 saturated carbocycles. The summed E-state index contributed by atoms with van der Waals surface area (Å²) in [5.74, 6) is -1.27. The Bertz CT molecular complexity index is 1060. The van der Waals surface area contributed by atoms with Gasteiger partial charge < -0.3 is 14.8 Å². The molecule has 0 unspecified atom stereocenters. The molecule has 0 spiro atoms. The number of carbonyl (C=O) groups excluding carboxylic acids is 1. The lowest BCUT2D eigenvalue weighted by Crippen LogP contribution is -2.32. The second-order valence-corrected chi connectivity index (χ2v) is 9.31. The van der Waals surface area contributed by atoms with Crippen LogP contribution in [-0.4, -0.2) is 40.3 Å². The molecule has 0 fully saturated rings. The van der Waals surface area contributed by atoms with Crippen LogP contribution in [0.1, 0.15) is 45.2 Å². The van der Waals surface area contributed by atoms with Crippen molar-refractivity contribution in [2.24, 2.45) is 0 Å². The van der Waals surface area contributed by atoms with Crippen molar-refractivity contribution in [1.82, 2.24) is 5.32 Å². The van der Waals surface area contributed by atoms with Gasteiger partial charge in [0.1, 0.15) is 0 Å². The highest BCUT2D eigenvalue weighted by molar-refractivity contribution is 7.92. The van der Waals surface area contributed by atoms with Crippen LogP contribution in [-0.2, 0) is 14.8 Å². The summed E-state index contributed by atoms with van der Waals surface area (Å²) < 4.78 is 63.1. The molecule has 1 N–H and O–H groups in total. The van der Waals surface area contributed by atoms with E-state index in [-0.39, 0.29) is 37.0 Å². The summed E-state index contributed by atoms with van der Waals surface area (Å²) >= 11 is 0. The molecule has 0 heterocycles. The number of amides is 1. The van der Waals surface area contributed by atoms with Gasteiger partial charge in [0, 0.05) is 19.0 Å². The third-order valence-corrected chi connectivity index (χ3v) is 6.00. The Hall–Kier alpha value is -2.88. The predicted molar refractivity (Wildman–Crippen MR) is 123 cm³/mol. The van der Waals surface area contributed by atoms with Gasteiger partial charge in [-0.1, -0.05) is 6.07 Å². The lowest BCUT2D eigenvalue weighted by atomic mass is 10.1. The number of anilines is 1. The molecule has 7 nitrogen and oxygen atoms in total. The molecule has 2 aromatic carbocycles. The highest BCUT2D eigenvalue weighted by Gasteiger charge is 2.20. The highest BCUT2D eigenvalue weighted by Crippen LogP contribution is 2.30. The number of nitrogens with one attached hydrogen (secondary N) is 1. The number of carbonyl (C=O) groups is 1. The monoisotopic (exact) mass is 484 g/mol. The van der Waals surface area contributed by atoms with E-state index >= 15 is 0 Å². The van der Waals surface area contributed by atoms with Gasteiger partial charge in [-0.05, 0) is 57.0 Å². The first-order valence-corrected chi connectivity index (χ1v) is 12.5. The number of sulfonamides is 1. The zero-order valence-electron chi connectivity index (χ0n) is 19.2. The van der Waals surface area contributed by atoms with E-state index < -0.39 is 21.7 Å². The van der Waals surface area contributed by atoms with Crippen LogP contribution < -0.4 is 19.1 Å². The van der Waals surface area contributed by atoms with Gasteiger partial charge in [-0.15, -0.1) is 0 Å². The molecular weight excluding hydrogens is 454 g/mol. The quantitative estimate of drug-likeness (QED) is 0.488. The van der Waals surface area contributed by atoms with Gasteiger partial charge in [-0.2, -0.15) is 0 Å². The van der Waals surface area contributed by atoms with Crippen molar-refractivity contribution in [1.29, 1.82) is 0 Å². The fourth-order valence-corrected chi connectivity index (χ4v) is 4.20. The number of rotatable bonds is 12. The summed E-state index contributed by atoms with van der Waals surface area (Å²) in [5.41, 5.74) is 0.831. The van der Waals surface area contributed by atoms with Crippen molar-refractivity contribution in [3.05, 3.63) is 53.6 Å². The number of hydrogen-bond acceptors (Lipinski definition) is 5. The molecule has 33 heavy (non-hydrogen) atoms. The van der Waals surface area contributed by atoms with Crippen molar-refractivity contribution in [3.8, 4) is 11.5 Å². The van der Waals surface area contributed by atoms with Crippen LogP contribution in [0.4, 0.5) is 14.5 Å². The van der Waals surface area contributed by atoms with E-state index in [1.54, 1.807) is 6.07 Å². The Morgan fingerprint density at radius 2 is 1.70 bits per heavy atom. The van der Waals surface area contributed by atoms with E-state index in [4.69, 9.17) is 9.47 Å². The topological polar surface area (TPSA) is 84.9 Å². The lowest BCUT2D eigenvalue weighted by Gasteiger charge is -2.22. The van der Waals surface area contributed by atoms with E-state index in [0.717, 1.165) is 28.3 Å². The standard InChI is InChI=1S/C23H30F2N2O5S/c1-5-31-21-12-9-17(14-22(21)32-6-2)16(3)26-23(28)8-7-13-27(33(4,29)30)18-10-11-19(24)20(25)15-18/h9-12,14-16H,5-8,13H2,1-4H3,(H,26,28)/t16-/m0/s1. The number of benzene rings is 2. The Labute approximate surface area is 193 Å². The summed E-state index contributed by atoms with van der Waals surface area (Å²) in [6, 6.07) is 8.00. The van der Waals surface area contributed by atoms with Gasteiger partial charge in [0.15, 0.2) is 23.1 Å². The van der Waals surface area contributed by atoms with Crippen LogP contribution in [0.2, 0.25) is 0 Å². The number of hydrogen-bond donors (Lipinski definition) is 1. The fourth-order valence-electron chi connectivity index (χ4n) is 3.24. The molecule has 1 atom stereocenters. The van der Waals surface area contributed by atoms with Crippen LogP contribution in [0, 0.1) is 11.6 Å². The normalized spacial score (nSPS) is 12.2. The number of halogens is 2. The van der Waals surface area contributed by atoms with Gasteiger partial charge in [0.2, 0.25) is 15.9 Å². The van der Waals surface area contributed by atoms with E-state index in [2.05, 4.69) is 5.32 Å². The van der Waals surface area contributed by atoms with Crippen LogP contribution in [0.25, 0.3) is 0 Å². The number of nitrogens with zero attached hydrogens (tertiary/aromatic N) is 1. The van der Waals surface area contributed by atoms with Crippen molar-refractivity contribution in [2.75, 3.05) is 30.3 Å². The largest absolute Gasteiger partial charge is 0.490 e. The maximum atomic E-state index is 13.6. The van der Waals surface area contributed by atoms with Gasteiger partial charge >= 0.3 is 0 Å². The van der Waals surface area contributed by atoms with E-state index in [0.29, 0.717) is 24.7 Å². The second kappa shape index (κ2) is 11.8. The van der Waals surface area contributed by atoms with E-state index in [1.165, 1.54) is 6.07 Å². The summed E-state index contributed by atoms with van der Waals surface area (Å²) in [6.45, 7) is 6.49. The van der Waals surface area contributed by atoms with E-state index in [1.807, 2.05) is 32.9 Å². The van der Waals surface area contributed by atoms with Gasteiger partial charge in [0.25, 0.3) is 0 Å². The van der Waals surface area contributed by atoms with Crippen molar-refractivity contribution in [3.63, 3.8) is 0 Å². The van der Waals surface area contributed by atoms with Gasteiger partial charge in [-0.3, -0.25) is 9.10 Å². The van der Waals surface area contributed by atoms with Crippen LogP contribution in [0.3, 0.4) is 0 Å². The molecule has 1 amide bonds. The molecule has 0 bridgehead atoms. The van der Waals surface area contributed by atoms with Crippen molar-refractivity contribution in [2.45, 2.75) is 39.7 Å².